The van der Waals surface area contributed by atoms with Crippen LogP contribution in [0.15, 0.2) is 34.2 Å². The van der Waals surface area contributed by atoms with Crippen molar-refractivity contribution in [1.29, 1.82) is 0 Å². The van der Waals surface area contributed by atoms with Crippen molar-refractivity contribution in [3.05, 3.63) is 62.9 Å². The molecular formula is C22H23N3O4S. The van der Waals surface area contributed by atoms with Gasteiger partial charge < -0.3 is 14.6 Å². The van der Waals surface area contributed by atoms with Gasteiger partial charge in [0.05, 0.1) is 12.3 Å². The predicted molar refractivity (Wildman–Crippen MR) is 117 cm³/mol. The van der Waals surface area contributed by atoms with Crippen molar-refractivity contribution in [3.8, 4) is 0 Å². The summed E-state index contributed by atoms with van der Waals surface area (Å²) in [5.41, 5.74) is 2.49. The minimum Gasteiger partial charge on any atom is -0.461 e. The molecule has 0 unspecified atom stereocenters. The van der Waals surface area contributed by atoms with E-state index in [0.29, 0.717) is 11.6 Å². The van der Waals surface area contributed by atoms with Gasteiger partial charge in [0.2, 0.25) is 5.69 Å². The van der Waals surface area contributed by atoms with Gasteiger partial charge in [-0.15, -0.1) is 11.3 Å². The normalized spacial score (nSPS) is 11.2. The molecule has 0 aliphatic heterocycles. The van der Waals surface area contributed by atoms with E-state index in [9.17, 15) is 9.59 Å². The van der Waals surface area contributed by atoms with Crippen molar-refractivity contribution in [3.63, 3.8) is 0 Å². The summed E-state index contributed by atoms with van der Waals surface area (Å²) < 4.78 is 9.96. The Bertz CT molecular complexity index is 1080. The zero-order valence-electron chi connectivity index (χ0n) is 17.3. The monoisotopic (exact) mass is 425 g/mol. The number of aromatic nitrogens is 2. The molecule has 0 saturated heterocycles. The summed E-state index contributed by atoms with van der Waals surface area (Å²) in [6.45, 7) is 7.65. The van der Waals surface area contributed by atoms with Crippen LogP contribution in [0.2, 0.25) is 0 Å². The molecule has 1 aromatic carbocycles. The highest BCUT2D eigenvalue weighted by Gasteiger charge is 2.26. The van der Waals surface area contributed by atoms with Crippen LogP contribution in [-0.2, 0) is 4.74 Å². The van der Waals surface area contributed by atoms with E-state index in [4.69, 9.17) is 9.26 Å². The topological polar surface area (TPSA) is 94.3 Å². The Labute approximate surface area is 178 Å². The quantitative estimate of drug-likeness (QED) is 0.525. The number of esters is 1. The molecule has 3 aromatic rings. The Balaban J connectivity index is 1.75. The van der Waals surface area contributed by atoms with Crippen molar-refractivity contribution < 1.29 is 18.8 Å². The van der Waals surface area contributed by atoms with Crippen LogP contribution >= 0.6 is 11.3 Å². The first-order valence-corrected chi connectivity index (χ1v) is 10.4. The molecule has 0 radical (unpaired) electrons. The molecule has 1 N–H and O–H groups in total. The van der Waals surface area contributed by atoms with Crippen LogP contribution in [0.1, 0.15) is 69.6 Å². The van der Waals surface area contributed by atoms with Crippen LogP contribution in [0, 0.1) is 6.92 Å². The number of carbonyl (C=O) groups excluding carboxylic acids is 2. The molecule has 2 heterocycles. The fourth-order valence-corrected chi connectivity index (χ4v) is 3.57. The highest BCUT2D eigenvalue weighted by atomic mass is 32.1. The van der Waals surface area contributed by atoms with Gasteiger partial charge in [-0.05, 0) is 43.5 Å². The lowest BCUT2D eigenvalue weighted by atomic mass is 10.1. The molecule has 0 saturated carbocycles. The van der Waals surface area contributed by atoms with Crippen LogP contribution in [0.3, 0.4) is 0 Å². The lowest BCUT2D eigenvalue weighted by Gasteiger charge is -2.06. The second-order valence-corrected chi connectivity index (χ2v) is 7.75. The molecule has 0 aliphatic carbocycles. The van der Waals surface area contributed by atoms with E-state index in [2.05, 4.69) is 34.7 Å². The van der Waals surface area contributed by atoms with Crippen LogP contribution < -0.4 is 5.32 Å². The molecule has 7 nitrogen and oxygen atoms in total. The number of hydrogen-bond acceptors (Lipinski definition) is 7. The van der Waals surface area contributed by atoms with Crippen LogP contribution in [0.5, 0.6) is 0 Å². The molecule has 0 bridgehead atoms. The lowest BCUT2D eigenvalue weighted by molar-refractivity contribution is 0.0512. The summed E-state index contributed by atoms with van der Waals surface area (Å²) >= 11 is 1.59. The Morgan fingerprint density at radius 1 is 1.30 bits per heavy atom. The molecule has 156 valence electrons. The van der Waals surface area contributed by atoms with E-state index in [1.807, 2.05) is 30.4 Å². The Kier molecular flexibility index (Phi) is 6.79. The Morgan fingerprint density at radius 2 is 2.10 bits per heavy atom. The van der Waals surface area contributed by atoms with Gasteiger partial charge in [-0.25, -0.2) is 9.78 Å². The number of nitrogens with zero attached hydrogens (tertiary/aromatic N) is 2. The average Bonchev–Trinajstić information content (AvgIpc) is 3.34. The maximum absolute atomic E-state index is 12.7. The van der Waals surface area contributed by atoms with E-state index >= 15 is 0 Å². The van der Waals surface area contributed by atoms with Crippen molar-refractivity contribution in [1.82, 2.24) is 10.1 Å². The molecule has 3 rings (SSSR count). The fraction of sp³-hybridized carbons (Fsp3) is 0.273. The van der Waals surface area contributed by atoms with Crippen molar-refractivity contribution in [2.24, 2.45) is 0 Å². The molecular weight excluding hydrogens is 402 g/mol. The summed E-state index contributed by atoms with van der Waals surface area (Å²) in [5, 5.41) is 9.43. The number of ether oxygens (including phenoxy) is 1. The van der Waals surface area contributed by atoms with E-state index in [-0.39, 0.29) is 23.6 Å². The third-order valence-corrected chi connectivity index (χ3v) is 5.08. The minimum atomic E-state index is -0.694. The second kappa shape index (κ2) is 9.49. The summed E-state index contributed by atoms with van der Waals surface area (Å²) in [4.78, 5) is 29.3. The van der Waals surface area contributed by atoms with Crippen LogP contribution in [0.25, 0.3) is 12.2 Å². The molecule has 0 spiro atoms. The first-order valence-electron chi connectivity index (χ1n) is 9.57. The number of anilines is 1. The average molecular weight is 426 g/mol. The summed E-state index contributed by atoms with van der Waals surface area (Å²) in [7, 11) is 0. The molecule has 30 heavy (non-hydrogen) atoms. The zero-order valence-corrected chi connectivity index (χ0v) is 18.1. The van der Waals surface area contributed by atoms with Crippen molar-refractivity contribution in [2.45, 2.75) is 33.6 Å². The first-order chi connectivity index (χ1) is 14.4. The highest BCUT2D eigenvalue weighted by Crippen LogP contribution is 2.21. The van der Waals surface area contributed by atoms with Gasteiger partial charge in [0.15, 0.2) is 0 Å². The SMILES string of the molecule is CCOC(=O)c1noc(C)c1C(=O)Nc1cccc(/C=C/c2nc(C(C)C)cs2)c1. The number of amides is 1. The number of aryl methyl sites for hydroxylation is 1. The maximum atomic E-state index is 12.7. The molecule has 0 atom stereocenters. The third-order valence-electron chi connectivity index (χ3n) is 4.25. The van der Waals surface area contributed by atoms with Crippen molar-refractivity contribution in [2.75, 3.05) is 11.9 Å². The fourth-order valence-electron chi connectivity index (χ4n) is 2.70. The number of benzene rings is 1. The third kappa shape index (κ3) is 5.01. The predicted octanol–water partition coefficient (Wildman–Crippen LogP) is 5.16. The number of thiazole rings is 1. The zero-order chi connectivity index (χ0) is 21.7. The van der Waals surface area contributed by atoms with E-state index in [1.54, 1.807) is 31.3 Å². The van der Waals surface area contributed by atoms with Gasteiger partial charge in [-0.2, -0.15) is 0 Å². The number of nitrogens with one attached hydrogen (secondary N) is 1. The molecule has 2 aromatic heterocycles. The summed E-state index contributed by atoms with van der Waals surface area (Å²) in [5.74, 6) is -0.543. The van der Waals surface area contributed by atoms with Gasteiger partial charge in [-0.3, -0.25) is 4.79 Å². The van der Waals surface area contributed by atoms with E-state index in [1.165, 1.54) is 0 Å². The Morgan fingerprint density at radius 3 is 2.80 bits per heavy atom. The molecule has 0 fully saturated rings. The summed E-state index contributed by atoms with van der Waals surface area (Å²) in [6.07, 6.45) is 3.88. The lowest BCUT2D eigenvalue weighted by Crippen LogP contribution is -2.17. The number of carbonyl (C=O) groups is 2. The maximum Gasteiger partial charge on any atom is 0.361 e. The molecule has 0 aliphatic rings. The van der Waals surface area contributed by atoms with Crippen molar-refractivity contribution >= 4 is 41.1 Å². The van der Waals surface area contributed by atoms with Crippen LogP contribution in [-0.4, -0.2) is 28.6 Å². The smallest absolute Gasteiger partial charge is 0.361 e. The van der Waals surface area contributed by atoms with Crippen LogP contribution in [0.4, 0.5) is 5.69 Å². The van der Waals surface area contributed by atoms with Gasteiger partial charge in [0.1, 0.15) is 16.3 Å². The van der Waals surface area contributed by atoms with Gasteiger partial charge >= 0.3 is 5.97 Å². The number of rotatable bonds is 7. The largest absolute Gasteiger partial charge is 0.461 e. The van der Waals surface area contributed by atoms with Gasteiger partial charge in [0.25, 0.3) is 5.91 Å². The minimum absolute atomic E-state index is 0.0680. The summed E-state index contributed by atoms with van der Waals surface area (Å²) in [6, 6.07) is 7.36. The highest BCUT2D eigenvalue weighted by molar-refractivity contribution is 7.10. The Hall–Kier alpha value is -3.26. The number of hydrogen-bond donors (Lipinski definition) is 1. The molecule has 1 amide bonds. The standard InChI is InChI=1S/C22H23N3O4S/c1-5-28-22(27)20-19(14(4)29-25-20)21(26)23-16-8-6-7-15(11-16)9-10-18-24-17(12-30-18)13(2)3/h6-13H,5H2,1-4H3,(H,23,26)/b10-9+. The van der Waals surface area contributed by atoms with E-state index in [0.717, 1.165) is 16.3 Å². The van der Waals surface area contributed by atoms with Gasteiger partial charge in [-0.1, -0.05) is 37.2 Å². The van der Waals surface area contributed by atoms with Gasteiger partial charge in [0, 0.05) is 11.1 Å². The molecule has 8 heteroatoms. The first kappa shape index (κ1) is 21.4. The van der Waals surface area contributed by atoms with E-state index < -0.39 is 11.9 Å². The second-order valence-electron chi connectivity index (χ2n) is 6.86.